The number of carbonyl (C=O) groups excluding carboxylic acids is 1. The van der Waals surface area contributed by atoms with E-state index in [0.29, 0.717) is 6.54 Å². The van der Waals surface area contributed by atoms with E-state index in [-0.39, 0.29) is 16.6 Å². The van der Waals surface area contributed by atoms with Crippen LogP contribution in [0.4, 0.5) is 18.9 Å². The van der Waals surface area contributed by atoms with Gasteiger partial charge in [-0.25, -0.2) is 0 Å². The number of amides is 1. The molecule has 7 heteroatoms. The molecule has 0 aromatic heterocycles. The fourth-order valence-electron chi connectivity index (χ4n) is 1.48. The predicted octanol–water partition coefficient (Wildman–Crippen LogP) is 3.30. The lowest BCUT2D eigenvalue weighted by Gasteiger charge is -2.16. The largest absolute Gasteiger partial charge is 0.417 e. The summed E-state index contributed by atoms with van der Waals surface area (Å²) >= 11 is 5.50. The number of benzene rings is 1. The highest BCUT2D eigenvalue weighted by Gasteiger charge is 2.33. The monoisotopic (exact) mass is 294 g/mol. The van der Waals surface area contributed by atoms with Crippen molar-refractivity contribution in [1.82, 2.24) is 5.32 Å². The molecule has 0 radical (unpaired) electrons. The van der Waals surface area contributed by atoms with Crippen molar-refractivity contribution < 1.29 is 18.0 Å². The normalized spacial score (nSPS) is 12.9. The van der Waals surface area contributed by atoms with E-state index in [0.717, 1.165) is 12.1 Å². The summed E-state index contributed by atoms with van der Waals surface area (Å²) in [5.74, 6) is -0.286. The molecule has 0 aliphatic rings. The van der Waals surface area contributed by atoms with Crippen molar-refractivity contribution in [2.75, 3.05) is 11.9 Å². The molecule has 0 aliphatic heterocycles. The van der Waals surface area contributed by atoms with Gasteiger partial charge in [-0.2, -0.15) is 13.2 Å². The molecule has 1 unspecified atom stereocenters. The van der Waals surface area contributed by atoms with Crippen LogP contribution < -0.4 is 10.6 Å². The Balaban J connectivity index is 2.89. The minimum Gasteiger partial charge on any atom is -0.374 e. The molecule has 3 nitrogen and oxygen atoms in total. The van der Waals surface area contributed by atoms with Crippen LogP contribution in [0.5, 0.6) is 0 Å². The molecule has 1 aromatic rings. The Morgan fingerprint density at radius 3 is 2.58 bits per heavy atom. The molecule has 0 aliphatic carbocycles. The maximum Gasteiger partial charge on any atom is 0.417 e. The highest BCUT2D eigenvalue weighted by molar-refractivity contribution is 6.31. The van der Waals surface area contributed by atoms with Crippen LogP contribution in [0.1, 0.15) is 19.4 Å². The van der Waals surface area contributed by atoms with E-state index in [4.69, 9.17) is 11.6 Å². The predicted molar refractivity (Wildman–Crippen MR) is 68.2 cm³/mol. The van der Waals surface area contributed by atoms with Gasteiger partial charge >= 0.3 is 6.18 Å². The summed E-state index contributed by atoms with van der Waals surface area (Å²) in [6, 6.07) is 2.80. The summed E-state index contributed by atoms with van der Waals surface area (Å²) in [6.45, 7) is 3.78. The molecule has 1 rings (SSSR count). The Labute approximate surface area is 114 Å². The minimum absolute atomic E-state index is 0.190. The first-order valence-electron chi connectivity index (χ1n) is 5.66. The zero-order chi connectivity index (χ0) is 14.6. The lowest BCUT2D eigenvalue weighted by Crippen LogP contribution is -2.37. The highest BCUT2D eigenvalue weighted by atomic mass is 35.5. The van der Waals surface area contributed by atoms with Crippen LogP contribution in [-0.2, 0) is 11.0 Å². The van der Waals surface area contributed by atoms with Crippen molar-refractivity contribution in [3.05, 3.63) is 28.8 Å². The summed E-state index contributed by atoms with van der Waals surface area (Å²) in [4.78, 5) is 11.5. The Hall–Kier alpha value is -1.43. The molecular weight excluding hydrogens is 281 g/mol. The summed E-state index contributed by atoms with van der Waals surface area (Å²) in [5.41, 5.74) is -0.738. The number of hydrogen-bond donors (Lipinski definition) is 2. The number of likely N-dealkylation sites (N-methyl/N-ethyl adjacent to an activating group) is 1. The SMILES string of the molecule is CCNC(=O)C(C)Nc1ccc(Cl)c(C(F)(F)F)c1. The molecule has 0 fully saturated rings. The van der Waals surface area contributed by atoms with Crippen LogP contribution in [0.15, 0.2) is 18.2 Å². The fraction of sp³-hybridized carbons (Fsp3) is 0.417. The van der Waals surface area contributed by atoms with Crippen molar-refractivity contribution in [3.63, 3.8) is 0 Å². The first-order valence-corrected chi connectivity index (χ1v) is 6.04. The molecule has 0 saturated heterocycles. The van der Waals surface area contributed by atoms with E-state index in [1.165, 1.54) is 6.07 Å². The van der Waals surface area contributed by atoms with Crippen LogP contribution in [0.2, 0.25) is 5.02 Å². The number of nitrogens with one attached hydrogen (secondary N) is 2. The first-order chi connectivity index (χ1) is 8.75. The quantitative estimate of drug-likeness (QED) is 0.894. The van der Waals surface area contributed by atoms with Crippen LogP contribution in [0.3, 0.4) is 0 Å². The van der Waals surface area contributed by atoms with Crippen molar-refractivity contribution in [1.29, 1.82) is 0 Å². The number of hydrogen-bond acceptors (Lipinski definition) is 2. The van der Waals surface area contributed by atoms with Gasteiger partial charge in [-0.05, 0) is 32.0 Å². The Bertz CT molecular complexity index is 463. The van der Waals surface area contributed by atoms with Crippen molar-refractivity contribution in [2.24, 2.45) is 0 Å². The van der Waals surface area contributed by atoms with Crippen LogP contribution in [-0.4, -0.2) is 18.5 Å². The second kappa shape index (κ2) is 6.14. The Morgan fingerprint density at radius 2 is 2.05 bits per heavy atom. The lowest BCUT2D eigenvalue weighted by atomic mass is 10.1. The van der Waals surface area contributed by atoms with Gasteiger partial charge in [-0.1, -0.05) is 11.6 Å². The average Bonchev–Trinajstić information content (AvgIpc) is 2.30. The molecule has 1 aromatic carbocycles. The van der Waals surface area contributed by atoms with E-state index >= 15 is 0 Å². The third kappa shape index (κ3) is 4.31. The maximum atomic E-state index is 12.7. The van der Waals surface area contributed by atoms with Gasteiger partial charge in [0.15, 0.2) is 0 Å². The molecule has 0 saturated carbocycles. The second-order valence-corrected chi connectivity index (χ2v) is 4.36. The zero-order valence-electron chi connectivity index (χ0n) is 10.4. The van der Waals surface area contributed by atoms with Crippen LogP contribution in [0, 0.1) is 0 Å². The number of alkyl halides is 3. The first kappa shape index (κ1) is 15.6. The van der Waals surface area contributed by atoms with E-state index in [9.17, 15) is 18.0 Å². The molecule has 19 heavy (non-hydrogen) atoms. The molecule has 1 amide bonds. The van der Waals surface area contributed by atoms with Gasteiger partial charge in [0.25, 0.3) is 0 Å². The number of halogens is 4. The van der Waals surface area contributed by atoms with Gasteiger partial charge in [0.05, 0.1) is 10.6 Å². The highest BCUT2D eigenvalue weighted by Crippen LogP contribution is 2.36. The number of carbonyl (C=O) groups is 1. The molecule has 1 atom stereocenters. The molecule has 106 valence electrons. The van der Waals surface area contributed by atoms with Gasteiger partial charge in [0.1, 0.15) is 6.04 Å². The van der Waals surface area contributed by atoms with Gasteiger partial charge in [-0.3, -0.25) is 4.79 Å². The molecule has 0 bridgehead atoms. The van der Waals surface area contributed by atoms with E-state index < -0.39 is 17.8 Å². The maximum absolute atomic E-state index is 12.7. The summed E-state index contributed by atoms with van der Waals surface area (Å²) in [5, 5.41) is 4.90. The third-order valence-corrected chi connectivity index (χ3v) is 2.73. The third-order valence-electron chi connectivity index (χ3n) is 2.40. The topological polar surface area (TPSA) is 41.1 Å². The lowest BCUT2D eigenvalue weighted by molar-refractivity contribution is -0.137. The standard InChI is InChI=1S/C12H14ClF3N2O/c1-3-17-11(19)7(2)18-8-4-5-10(13)9(6-8)12(14,15)16/h4-7,18H,3H2,1-2H3,(H,17,19). The molecular formula is C12H14ClF3N2O. The van der Waals surface area contributed by atoms with Crippen LogP contribution >= 0.6 is 11.6 Å². The van der Waals surface area contributed by atoms with E-state index in [1.54, 1.807) is 13.8 Å². The molecule has 2 N–H and O–H groups in total. The van der Waals surface area contributed by atoms with Crippen molar-refractivity contribution in [2.45, 2.75) is 26.1 Å². The summed E-state index contributed by atoms with van der Waals surface area (Å²) < 4.78 is 38.0. The van der Waals surface area contributed by atoms with Crippen LogP contribution in [0.25, 0.3) is 0 Å². The van der Waals surface area contributed by atoms with Crippen molar-refractivity contribution >= 4 is 23.2 Å². The number of rotatable bonds is 4. The van der Waals surface area contributed by atoms with Crippen molar-refractivity contribution in [3.8, 4) is 0 Å². The molecule has 0 heterocycles. The Morgan fingerprint density at radius 1 is 1.42 bits per heavy atom. The minimum atomic E-state index is -4.52. The Kier molecular flexibility index (Phi) is 5.05. The zero-order valence-corrected chi connectivity index (χ0v) is 11.2. The second-order valence-electron chi connectivity index (χ2n) is 3.95. The van der Waals surface area contributed by atoms with E-state index in [1.807, 2.05) is 0 Å². The van der Waals surface area contributed by atoms with Gasteiger partial charge in [0.2, 0.25) is 5.91 Å². The summed E-state index contributed by atoms with van der Waals surface area (Å²) in [6.07, 6.45) is -4.52. The smallest absolute Gasteiger partial charge is 0.374 e. The number of anilines is 1. The fourth-order valence-corrected chi connectivity index (χ4v) is 1.70. The van der Waals surface area contributed by atoms with Gasteiger partial charge < -0.3 is 10.6 Å². The average molecular weight is 295 g/mol. The van der Waals surface area contributed by atoms with E-state index in [2.05, 4.69) is 10.6 Å². The van der Waals surface area contributed by atoms with Gasteiger partial charge in [0, 0.05) is 12.2 Å². The summed E-state index contributed by atoms with van der Waals surface area (Å²) in [7, 11) is 0. The molecule has 0 spiro atoms. The van der Waals surface area contributed by atoms with Gasteiger partial charge in [-0.15, -0.1) is 0 Å².